The van der Waals surface area contributed by atoms with Gasteiger partial charge in [-0.1, -0.05) is 33.6 Å². The predicted molar refractivity (Wildman–Crippen MR) is 64.7 cm³/mol. The van der Waals surface area contributed by atoms with Gasteiger partial charge < -0.3 is 5.32 Å². The quantitative estimate of drug-likeness (QED) is 0.633. The molecule has 84 valence electrons. The number of carbonyl (C=O) groups is 1. The molecule has 0 spiro atoms. The van der Waals surface area contributed by atoms with Crippen molar-refractivity contribution < 1.29 is 4.79 Å². The second-order valence-corrected chi connectivity index (χ2v) is 5.00. The molecule has 0 aliphatic carbocycles. The van der Waals surface area contributed by atoms with Crippen molar-refractivity contribution in [2.45, 2.75) is 40.0 Å². The first-order chi connectivity index (χ1) is 6.66. The Labute approximate surface area is 92.2 Å². The van der Waals surface area contributed by atoms with Gasteiger partial charge >= 0.3 is 0 Å². The molecular weight excluding hydrogens is 194 g/mol. The van der Waals surface area contributed by atoms with E-state index >= 15 is 0 Å². The Bertz CT molecular complexity index is 148. The first-order valence-electron chi connectivity index (χ1n) is 5.51. The van der Waals surface area contributed by atoms with E-state index in [0.29, 0.717) is 11.7 Å². The summed E-state index contributed by atoms with van der Waals surface area (Å²) in [5.41, 5.74) is 0. The number of hydrogen-bond acceptors (Lipinski definition) is 2. The van der Waals surface area contributed by atoms with Gasteiger partial charge in [0, 0.05) is 6.54 Å². The Morgan fingerprint density at radius 1 is 1.36 bits per heavy atom. The topological polar surface area (TPSA) is 29.1 Å². The smallest absolute Gasteiger partial charge is 0.229 e. The van der Waals surface area contributed by atoms with E-state index in [4.69, 9.17) is 0 Å². The van der Waals surface area contributed by atoms with Crippen LogP contribution in [0.3, 0.4) is 0 Å². The zero-order valence-electron chi connectivity index (χ0n) is 9.64. The molecule has 0 aliphatic rings. The number of amides is 1. The van der Waals surface area contributed by atoms with Crippen molar-refractivity contribution in [2.24, 2.45) is 5.92 Å². The highest BCUT2D eigenvalue weighted by atomic mass is 32.2. The van der Waals surface area contributed by atoms with E-state index in [2.05, 4.69) is 26.1 Å². The Balaban J connectivity index is 3.20. The van der Waals surface area contributed by atoms with Crippen LogP contribution >= 0.6 is 11.8 Å². The van der Waals surface area contributed by atoms with Gasteiger partial charge in [-0.15, -0.1) is 0 Å². The maximum atomic E-state index is 11.3. The number of thioether (sulfide) groups is 1. The maximum Gasteiger partial charge on any atom is 0.229 e. The highest BCUT2D eigenvalue weighted by molar-refractivity contribution is 7.99. The van der Waals surface area contributed by atoms with Crippen LogP contribution in [0.25, 0.3) is 0 Å². The van der Waals surface area contributed by atoms with Gasteiger partial charge in [0.05, 0.1) is 5.75 Å². The van der Waals surface area contributed by atoms with Crippen LogP contribution in [0.15, 0.2) is 0 Å². The molecule has 0 aromatic heterocycles. The average molecular weight is 217 g/mol. The average Bonchev–Trinajstić information content (AvgIpc) is 2.12. The van der Waals surface area contributed by atoms with Gasteiger partial charge in [0.25, 0.3) is 0 Å². The third kappa shape index (κ3) is 9.90. The fourth-order valence-corrected chi connectivity index (χ4v) is 1.92. The molecule has 0 rings (SSSR count). The van der Waals surface area contributed by atoms with Crippen LogP contribution < -0.4 is 5.32 Å². The molecule has 1 amide bonds. The number of rotatable bonds is 8. The van der Waals surface area contributed by atoms with Gasteiger partial charge in [-0.3, -0.25) is 4.79 Å². The Morgan fingerprint density at radius 3 is 2.64 bits per heavy atom. The van der Waals surface area contributed by atoms with Gasteiger partial charge in [0.15, 0.2) is 0 Å². The lowest BCUT2D eigenvalue weighted by Gasteiger charge is -2.05. The zero-order chi connectivity index (χ0) is 10.8. The van der Waals surface area contributed by atoms with Crippen LogP contribution in [0.2, 0.25) is 0 Å². The Morgan fingerprint density at radius 2 is 2.07 bits per heavy atom. The summed E-state index contributed by atoms with van der Waals surface area (Å²) in [6.07, 6.45) is 3.52. The van der Waals surface area contributed by atoms with Crippen LogP contribution in [0.5, 0.6) is 0 Å². The summed E-state index contributed by atoms with van der Waals surface area (Å²) in [5, 5.41) is 2.93. The van der Waals surface area contributed by atoms with E-state index in [0.717, 1.165) is 18.7 Å². The summed E-state index contributed by atoms with van der Waals surface area (Å²) >= 11 is 1.72. The van der Waals surface area contributed by atoms with Gasteiger partial charge in [-0.05, 0) is 18.1 Å². The summed E-state index contributed by atoms with van der Waals surface area (Å²) in [4.78, 5) is 11.3. The number of carbonyl (C=O) groups excluding carboxylic acids is 1. The highest BCUT2D eigenvalue weighted by Crippen LogP contribution is 2.06. The number of hydrogen-bond donors (Lipinski definition) is 1. The van der Waals surface area contributed by atoms with E-state index in [9.17, 15) is 4.79 Å². The lowest BCUT2D eigenvalue weighted by atomic mass is 10.2. The molecule has 2 nitrogen and oxygen atoms in total. The molecule has 0 saturated heterocycles. The van der Waals surface area contributed by atoms with Gasteiger partial charge in [-0.25, -0.2) is 0 Å². The second-order valence-electron chi connectivity index (χ2n) is 3.97. The van der Waals surface area contributed by atoms with Crippen LogP contribution in [0.1, 0.15) is 40.0 Å². The van der Waals surface area contributed by atoms with Crippen LogP contribution in [0, 0.1) is 5.92 Å². The first-order valence-corrected chi connectivity index (χ1v) is 6.66. The number of nitrogens with one attached hydrogen (secondary N) is 1. The largest absolute Gasteiger partial charge is 0.355 e. The molecule has 0 atom stereocenters. The molecule has 14 heavy (non-hydrogen) atoms. The lowest BCUT2D eigenvalue weighted by Crippen LogP contribution is -2.26. The predicted octanol–water partition coefficient (Wildman–Crippen LogP) is 2.68. The van der Waals surface area contributed by atoms with Gasteiger partial charge in [0.1, 0.15) is 0 Å². The van der Waals surface area contributed by atoms with Crippen molar-refractivity contribution >= 4 is 17.7 Å². The van der Waals surface area contributed by atoms with Crippen LogP contribution in [-0.2, 0) is 4.79 Å². The molecule has 0 aromatic rings. The van der Waals surface area contributed by atoms with E-state index in [1.165, 1.54) is 12.8 Å². The van der Waals surface area contributed by atoms with E-state index in [1.54, 1.807) is 11.8 Å². The number of unbranched alkanes of at least 4 members (excludes halogenated alkanes) is 2. The standard InChI is InChI=1S/C11H23NOS/c1-4-5-6-7-12-11(13)9-14-8-10(2)3/h10H,4-9H2,1-3H3,(H,12,13). The van der Waals surface area contributed by atoms with Crippen molar-refractivity contribution in [3.63, 3.8) is 0 Å². The molecule has 0 heterocycles. The maximum absolute atomic E-state index is 11.3. The molecule has 0 unspecified atom stereocenters. The second kappa shape index (κ2) is 9.38. The minimum atomic E-state index is 0.187. The van der Waals surface area contributed by atoms with E-state index in [-0.39, 0.29) is 5.91 Å². The van der Waals surface area contributed by atoms with Crippen LogP contribution in [0.4, 0.5) is 0 Å². The zero-order valence-corrected chi connectivity index (χ0v) is 10.5. The minimum Gasteiger partial charge on any atom is -0.355 e. The molecule has 0 saturated carbocycles. The minimum absolute atomic E-state index is 0.187. The van der Waals surface area contributed by atoms with Crippen molar-refractivity contribution in [2.75, 3.05) is 18.1 Å². The fraction of sp³-hybridized carbons (Fsp3) is 0.909. The first kappa shape index (κ1) is 13.8. The fourth-order valence-electron chi connectivity index (χ4n) is 1.04. The summed E-state index contributed by atoms with van der Waals surface area (Å²) in [7, 11) is 0. The summed E-state index contributed by atoms with van der Waals surface area (Å²) in [5.74, 6) is 2.55. The molecule has 0 aromatic carbocycles. The summed E-state index contributed by atoms with van der Waals surface area (Å²) < 4.78 is 0. The lowest BCUT2D eigenvalue weighted by molar-refractivity contribution is -0.118. The summed E-state index contributed by atoms with van der Waals surface area (Å²) in [6.45, 7) is 7.35. The normalized spacial score (nSPS) is 10.6. The van der Waals surface area contributed by atoms with Crippen molar-refractivity contribution in [3.8, 4) is 0 Å². The molecule has 3 heteroatoms. The van der Waals surface area contributed by atoms with Crippen molar-refractivity contribution in [3.05, 3.63) is 0 Å². The molecule has 0 fully saturated rings. The molecule has 0 radical (unpaired) electrons. The Hall–Kier alpha value is -0.180. The Kier molecular flexibility index (Phi) is 9.26. The highest BCUT2D eigenvalue weighted by Gasteiger charge is 2.01. The van der Waals surface area contributed by atoms with E-state index < -0.39 is 0 Å². The SMILES string of the molecule is CCCCCNC(=O)CSCC(C)C. The van der Waals surface area contributed by atoms with Crippen molar-refractivity contribution in [1.29, 1.82) is 0 Å². The molecule has 1 N–H and O–H groups in total. The van der Waals surface area contributed by atoms with E-state index in [1.807, 2.05) is 0 Å². The summed E-state index contributed by atoms with van der Waals surface area (Å²) in [6, 6.07) is 0. The third-order valence-electron chi connectivity index (χ3n) is 1.79. The molecule has 0 bridgehead atoms. The molecule has 0 aliphatic heterocycles. The monoisotopic (exact) mass is 217 g/mol. The van der Waals surface area contributed by atoms with Gasteiger partial charge in [0.2, 0.25) is 5.91 Å². The third-order valence-corrected chi connectivity index (χ3v) is 3.16. The van der Waals surface area contributed by atoms with Gasteiger partial charge in [-0.2, -0.15) is 11.8 Å². The van der Waals surface area contributed by atoms with Crippen LogP contribution in [-0.4, -0.2) is 24.0 Å². The van der Waals surface area contributed by atoms with Crippen molar-refractivity contribution in [1.82, 2.24) is 5.32 Å². The molecular formula is C11H23NOS.